The minimum absolute atomic E-state index is 0.0611. The number of carbonyl (C=O) groups excluding carboxylic acids is 1. The van der Waals surface area contributed by atoms with Gasteiger partial charge in [-0.25, -0.2) is 0 Å². The Morgan fingerprint density at radius 2 is 2.19 bits per heavy atom. The molecule has 1 fully saturated rings. The Morgan fingerprint density at radius 3 is 2.90 bits per heavy atom. The summed E-state index contributed by atoms with van der Waals surface area (Å²) in [6.45, 7) is 5.05. The highest BCUT2D eigenvalue weighted by atomic mass is 16.5. The minimum Gasteiger partial charge on any atom is -0.494 e. The highest BCUT2D eigenvalue weighted by molar-refractivity contribution is 5.80. The van der Waals surface area contributed by atoms with Crippen LogP contribution in [-0.4, -0.2) is 18.1 Å². The normalized spacial score (nSPS) is 25.4. The van der Waals surface area contributed by atoms with Crippen LogP contribution in [0.25, 0.3) is 0 Å². The lowest BCUT2D eigenvalue weighted by Crippen LogP contribution is -2.52. The molecule has 21 heavy (non-hydrogen) atoms. The number of nitrogens with two attached hydrogens (primary N) is 1. The predicted octanol–water partition coefficient (Wildman–Crippen LogP) is 2.61. The van der Waals surface area contributed by atoms with Crippen LogP contribution in [0.15, 0.2) is 24.3 Å². The molecule has 0 bridgehead atoms. The fourth-order valence-corrected chi connectivity index (χ4v) is 3.04. The van der Waals surface area contributed by atoms with Gasteiger partial charge in [0.25, 0.3) is 0 Å². The molecule has 1 aliphatic rings. The van der Waals surface area contributed by atoms with E-state index in [1.165, 1.54) is 0 Å². The average molecular weight is 290 g/mol. The number of rotatable bonds is 5. The Bertz CT molecular complexity index is 485. The first-order chi connectivity index (χ1) is 10.0. The topological polar surface area (TPSA) is 64.3 Å². The van der Waals surface area contributed by atoms with Gasteiger partial charge in [0.1, 0.15) is 5.75 Å². The highest BCUT2D eigenvalue weighted by Gasteiger charge is 2.37. The molecule has 1 aromatic rings. The van der Waals surface area contributed by atoms with Crippen LogP contribution in [0.2, 0.25) is 0 Å². The maximum atomic E-state index is 12.4. The van der Waals surface area contributed by atoms with E-state index in [0.717, 1.165) is 37.0 Å². The zero-order valence-corrected chi connectivity index (χ0v) is 13.0. The van der Waals surface area contributed by atoms with Gasteiger partial charge in [0.05, 0.1) is 12.5 Å². The van der Waals surface area contributed by atoms with E-state index in [0.29, 0.717) is 13.2 Å². The van der Waals surface area contributed by atoms with Crippen molar-refractivity contribution in [3.8, 4) is 5.75 Å². The number of carbonyl (C=O) groups is 1. The van der Waals surface area contributed by atoms with Gasteiger partial charge in [0, 0.05) is 17.6 Å². The van der Waals surface area contributed by atoms with E-state index in [-0.39, 0.29) is 17.4 Å². The van der Waals surface area contributed by atoms with E-state index in [1.807, 2.05) is 38.1 Å². The van der Waals surface area contributed by atoms with Crippen molar-refractivity contribution in [2.75, 3.05) is 6.61 Å². The molecule has 1 saturated carbocycles. The van der Waals surface area contributed by atoms with Gasteiger partial charge in [-0.15, -0.1) is 0 Å². The molecule has 0 aliphatic heterocycles. The number of amides is 1. The lowest BCUT2D eigenvalue weighted by Gasteiger charge is -2.37. The van der Waals surface area contributed by atoms with Crippen molar-refractivity contribution in [2.24, 2.45) is 11.7 Å². The summed E-state index contributed by atoms with van der Waals surface area (Å²) < 4.78 is 5.58. The molecular weight excluding hydrogens is 264 g/mol. The second-order valence-corrected chi connectivity index (χ2v) is 6.06. The predicted molar refractivity (Wildman–Crippen MR) is 84.0 cm³/mol. The van der Waals surface area contributed by atoms with Crippen molar-refractivity contribution in [3.63, 3.8) is 0 Å². The van der Waals surface area contributed by atoms with Gasteiger partial charge < -0.3 is 15.8 Å². The van der Waals surface area contributed by atoms with Gasteiger partial charge in [-0.1, -0.05) is 31.0 Å². The van der Waals surface area contributed by atoms with Gasteiger partial charge in [0.2, 0.25) is 5.91 Å². The molecular formula is C17H26N2O2. The maximum absolute atomic E-state index is 12.4. The number of benzene rings is 1. The van der Waals surface area contributed by atoms with Crippen molar-refractivity contribution < 1.29 is 9.53 Å². The van der Waals surface area contributed by atoms with Crippen LogP contribution in [0.4, 0.5) is 0 Å². The van der Waals surface area contributed by atoms with Crippen LogP contribution in [0.5, 0.6) is 5.75 Å². The Balaban J connectivity index is 1.98. The molecule has 3 N–H and O–H groups in total. The molecule has 0 aromatic heterocycles. The average Bonchev–Trinajstić information content (AvgIpc) is 2.46. The highest BCUT2D eigenvalue weighted by Crippen LogP contribution is 2.31. The van der Waals surface area contributed by atoms with E-state index in [9.17, 15) is 4.79 Å². The lowest BCUT2D eigenvalue weighted by atomic mass is 9.74. The quantitative estimate of drug-likeness (QED) is 0.876. The molecule has 4 nitrogen and oxygen atoms in total. The van der Waals surface area contributed by atoms with E-state index in [4.69, 9.17) is 10.5 Å². The summed E-state index contributed by atoms with van der Waals surface area (Å²) in [4.78, 5) is 12.4. The van der Waals surface area contributed by atoms with Crippen molar-refractivity contribution in [2.45, 2.75) is 51.6 Å². The maximum Gasteiger partial charge on any atom is 0.225 e. The van der Waals surface area contributed by atoms with Crippen molar-refractivity contribution in [1.82, 2.24) is 5.32 Å². The molecule has 116 valence electrons. The SMILES string of the molecule is CCOc1ccccc1CNC(=O)C1CCCCC1(C)N. The molecule has 0 radical (unpaired) electrons. The second kappa shape index (κ2) is 6.94. The van der Waals surface area contributed by atoms with Crippen molar-refractivity contribution in [3.05, 3.63) is 29.8 Å². The molecule has 0 heterocycles. The van der Waals surface area contributed by atoms with Gasteiger partial charge in [-0.3, -0.25) is 4.79 Å². The smallest absolute Gasteiger partial charge is 0.225 e. The van der Waals surface area contributed by atoms with Gasteiger partial charge in [-0.05, 0) is 32.8 Å². The Labute approximate surface area is 127 Å². The summed E-state index contributed by atoms with van der Waals surface area (Å²) in [5.74, 6) is 0.802. The number of hydrogen-bond donors (Lipinski definition) is 2. The van der Waals surface area contributed by atoms with E-state index < -0.39 is 0 Å². The third kappa shape index (κ3) is 3.97. The zero-order valence-electron chi connectivity index (χ0n) is 13.0. The zero-order chi connectivity index (χ0) is 15.3. The third-order valence-electron chi connectivity index (χ3n) is 4.30. The van der Waals surface area contributed by atoms with Crippen LogP contribution in [-0.2, 0) is 11.3 Å². The summed E-state index contributed by atoms with van der Waals surface area (Å²) in [5, 5.41) is 3.02. The molecule has 2 atom stereocenters. The van der Waals surface area contributed by atoms with Crippen LogP contribution in [0.1, 0.15) is 45.1 Å². The number of ether oxygens (including phenoxy) is 1. The van der Waals surface area contributed by atoms with Crippen LogP contribution in [0, 0.1) is 5.92 Å². The van der Waals surface area contributed by atoms with E-state index in [1.54, 1.807) is 0 Å². The van der Waals surface area contributed by atoms with Crippen molar-refractivity contribution in [1.29, 1.82) is 0 Å². The Kier molecular flexibility index (Phi) is 5.23. The number of para-hydroxylation sites is 1. The second-order valence-electron chi connectivity index (χ2n) is 6.06. The molecule has 1 aliphatic carbocycles. The first-order valence-corrected chi connectivity index (χ1v) is 7.82. The first kappa shape index (κ1) is 15.8. The largest absolute Gasteiger partial charge is 0.494 e. The summed E-state index contributed by atoms with van der Waals surface area (Å²) in [7, 11) is 0. The van der Waals surface area contributed by atoms with Gasteiger partial charge >= 0.3 is 0 Å². The molecule has 1 amide bonds. The third-order valence-corrected chi connectivity index (χ3v) is 4.30. The minimum atomic E-state index is -0.387. The van der Waals surface area contributed by atoms with E-state index >= 15 is 0 Å². The number of nitrogens with one attached hydrogen (secondary N) is 1. The monoisotopic (exact) mass is 290 g/mol. The lowest BCUT2D eigenvalue weighted by molar-refractivity contribution is -0.128. The van der Waals surface area contributed by atoms with Crippen molar-refractivity contribution >= 4 is 5.91 Å². The van der Waals surface area contributed by atoms with E-state index in [2.05, 4.69) is 5.32 Å². The summed E-state index contributed by atoms with van der Waals surface area (Å²) in [6.07, 6.45) is 4.00. The molecule has 2 rings (SSSR count). The first-order valence-electron chi connectivity index (χ1n) is 7.82. The Morgan fingerprint density at radius 1 is 1.43 bits per heavy atom. The fourth-order valence-electron chi connectivity index (χ4n) is 3.04. The molecule has 1 aromatic carbocycles. The molecule has 0 saturated heterocycles. The Hall–Kier alpha value is -1.55. The summed E-state index contributed by atoms with van der Waals surface area (Å²) in [6, 6.07) is 7.80. The van der Waals surface area contributed by atoms with Gasteiger partial charge in [0.15, 0.2) is 0 Å². The molecule has 4 heteroatoms. The van der Waals surface area contributed by atoms with Crippen LogP contribution >= 0.6 is 0 Å². The summed E-state index contributed by atoms with van der Waals surface area (Å²) in [5.41, 5.74) is 6.90. The molecule has 2 unspecified atom stereocenters. The standard InChI is InChI=1S/C17H26N2O2/c1-3-21-15-10-5-4-8-13(15)12-19-16(20)14-9-6-7-11-17(14,2)18/h4-5,8,10,14H,3,6-7,9,11-12,18H2,1-2H3,(H,19,20). The fraction of sp³-hybridized carbons (Fsp3) is 0.588. The number of hydrogen-bond acceptors (Lipinski definition) is 3. The molecule has 0 spiro atoms. The van der Waals surface area contributed by atoms with Crippen LogP contribution in [0.3, 0.4) is 0 Å². The summed E-state index contributed by atoms with van der Waals surface area (Å²) >= 11 is 0. The van der Waals surface area contributed by atoms with Crippen LogP contribution < -0.4 is 15.8 Å². The van der Waals surface area contributed by atoms with Gasteiger partial charge in [-0.2, -0.15) is 0 Å².